The van der Waals surface area contributed by atoms with Gasteiger partial charge in [0.25, 0.3) is 10.0 Å². The minimum atomic E-state index is -4.14. The maximum absolute atomic E-state index is 13.8. The Morgan fingerprint density at radius 3 is 2.08 bits per heavy atom. The summed E-state index contributed by atoms with van der Waals surface area (Å²) in [5.74, 6) is -0.920. The third-order valence-electron chi connectivity index (χ3n) is 5.55. The van der Waals surface area contributed by atoms with Gasteiger partial charge in [-0.3, -0.25) is 13.9 Å². The lowest BCUT2D eigenvalue weighted by Crippen LogP contribution is -2.52. The van der Waals surface area contributed by atoms with E-state index in [4.69, 9.17) is 23.2 Å². The Morgan fingerprint density at radius 1 is 0.865 bits per heavy atom. The Bertz CT molecular complexity index is 1350. The first-order chi connectivity index (χ1) is 17.5. The number of sulfonamides is 1. The number of hydrogen-bond acceptors (Lipinski definition) is 4. The minimum Gasteiger partial charge on any atom is -0.352 e. The number of nitrogens with zero attached hydrogens (tertiary/aromatic N) is 2. The summed E-state index contributed by atoms with van der Waals surface area (Å²) in [4.78, 5) is 28.1. The van der Waals surface area contributed by atoms with Crippen molar-refractivity contribution in [2.75, 3.05) is 10.8 Å². The van der Waals surface area contributed by atoms with Gasteiger partial charge < -0.3 is 10.2 Å². The average Bonchev–Trinajstić information content (AvgIpc) is 2.85. The van der Waals surface area contributed by atoms with Gasteiger partial charge in [0.15, 0.2) is 0 Å². The normalized spacial score (nSPS) is 12.2. The first-order valence-corrected chi connectivity index (χ1v) is 13.9. The molecule has 0 aliphatic carbocycles. The monoisotopic (exact) mass is 561 g/mol. The fourth-order valence-corrected chi connectivity index (χ4v) is 5.52. The van der Waals surface area contributed by atoms with Gasteiger partial charge in [0.2, 0.25) is 11.8 Å². The smallest absolute Gasteiger partial charge is 0.264 e. The van der Waals surface area contributed by atoms with E-state index in [-0.39, 0.29) is 29.1 Å². The van der Waals surface area contributed by atoms with Gasteiger partial charge in [-0.05, 0) is 68.8 Å². The average molecular weight is 563 g/mol. The van der Waals surface area contributed by atoms with E-state index in [9.17, 15) is 18.0 Å². The second kappa shape index (κ2) is 12.4. The van der Waals surface area contributed by atoms with Crippen LogP contribution < -0.4 is 9.62 Å². The topological polar surface area (TPSA) is 86.8 Å². The van der Waals surface area contributed by atoms with Gasteiger partial charge in [-0.1, -0.05) is 59.6 Å². The number of anilines is 1. The molecule has 37 heavy (non-hydrogen) atoms. The van der Waals surface area contributed by atoms with Crippen molar-refractivity contribution in [3.05, 3.63) is 94.5 Å². The van der Waals surface area contributed by atoms with Gasteiger partial charge in [0, 0.05) is 22.6 Å². The van der Waals surface area contributed by atoms with Crippen LogP contribution in [0.1, 0.15) is 26.3 Å². The molecule has 0 heterocycles. The Morgan fingerprint density at radius 2 is 1.49 bits per heavy atom. The Kier molecular flexibility index (Phi) is 9.59. The molecule has 0 unspecified atom stereocenters. The number of carbonyl (C=O) groups excluding carboxylic acids is 2. The van der Waals surface area contributed by atoms with E-state index >= 15 is 0 Å². The highest BCUT2D eigenvalue weighted by molar-refractivity contribution is 7.92. The summed E-state index contributed by atoms with van der Waals surface area (Å²) in [6.45, 7) is 4.76. The second-order valence-electron chi connectivity index (χ2n) is 8.80. The molecular formula is C27H29Cl2N3O4S. The summed E-state index contributed by atoms with van der Waals surface area (Å²) >= 11 is 12.3. The number of amides is 2. The molecule has 0 aliphatic rings. The molecule has 2 amide bonds. The lowest BCUT2D eigenvalue weighted by Gasteiger charge is -2.32. The third-order valence-corrected chi connectivity index (χ3v) is 7.80. The van der Waals surface area contributed by atoms with Gasteiger partial charge in [0.05, 0.1) is 10.6 Å². The van der Waals surface area contributed by atoms with Crippen LogP contribution in [0.4, 0.5) is 5.69 Å². The SMILES string of the molecule is CC(C)NC(=O)[C@@H](C)N(Cc1cccc(Cl)c1)C(=O)CN(c1cccc(Cl)c1)S(=O)(=O)c1ccccc1. The molecule has 1 N–H and O–H groups in total. The summed E-state index contributed by atoms with van der Waals surface area (Å²) in [6, 6.07) is 20.0. The van der Waals surface area contributed by atoms with E-state index in [2.05, 4.69) is 5.32 Å². The van der Waals surface area contributed by atoms with Gasteiger partial charge in [-0.2, -0.15) is 0 Å². The summed E-state index contributed by atoms with van der Waals surface area (Å²) < 4.78 is 28.3. The molecular weight excluding hydrogens is 533 g/mol. The summed E-state index contributed by atoms with van der Waals surface area (Å²) in [5, 5.41) is 3.62. The van der Waals surface area contributed by atoms with E-state index in [1.807, 2.05) is 13.8 Å². The maximum Gasteiger partial charge on any atom is 0.264 e. The number of benzene rings is 3. The van der Waals surface area contributed by atoms with Crippen molar-refractivity contribution in [3.8, 4) is 0 Å². The molecule has 1 atom stereocenters. The molecule has 0 aliphatic heterocycles. The van der Waals surface area contributed by atoms with Crippen LogP contribution in [0.15, 0.2) is 83.8 Å². The van der Waals surface area contributed by atoms with E-state index in [0.29, 0.717) is 15.6 Å². The molecule has 0 saturated heterocycles. The zero-order valence-corrected chi connectivity index (χ0v) is 23.1. The van der Waals surface area contributed by atoms with Crippen LogP contribution in [-0.4, -0.2) is 43.8 Å². The highest BCUT2D eigenvalue weighted by Crippen LogP contribution is 2.27. The highest BCUT2D eigenvalue weighted by Gasteiger charge is 2.32. The Labute approximate surface area is 228 Å². The molecule has 0 bridgehead atoms. The number of hydrogen-bond donors (Lipinski definition) is 1. The molecule has 10 heteroatoms. The molecule has 3 aromatic rings. The Hall–Kier alpha value is -3.07. The quantitative estimate of drug-likeness (QED) is 0.371. The molecule has 7 nitrogen and oxygen atoms in total. The van der Waals surface area contributed by atoms with Crippen LogP contribution >= 0.6 is 23.2 Å². The molecule has 196 valence electrons. The van der Waals surface area contributed by atoms with Gasteiger partial charge >= 0.3 is 0 Å². The number of halogens is 2. The van der Waals surface area contributed by atoms with Crippen LogP contribution in [0.2, 0.25) is 10.0 Å². The minimum absolute atomic E-state index is 0.0229. The molecule has 3 rings (SSSR count). The molecule has 0 spiro atoms. The lowest BCUT2D eigenvalue weighted by molar-refractivity contribution is -0.139. The van der Waals surface area contributed by atoms with Crippen LogP contribution in [0.5, 0.6) is 0 Å². The van der Waals surface area contributed by atoms with Crippen molar-refractivity contribution in [2.45, 2.75) is 44.3 Å². The maximum atomic E-state index is 13.8. The zero-order valence-electron chi connectivity index (χ0n) is 20.8. The third kappa shape index (κ3) is 7.47. The molecule has 3 aromatic carbocycles. The van der Waals surface area contributed by atoms with Gasteiger partial charge in [-0.15, -0.1) is 0 Å². The first kappa shape index (κ1) is 28.5. The van der Waals surface area contributed by atoms with E-state index in [1.165, 1.54) is 23.1 Å². The van der Waals surface area contributed by atoms with Crippen LogP contribution in [0, 0.1) is 0 Å². The standard InChI is InChI=1S/C27H29Cl2N3O4S/c1-19(2)30-27(34)20(3)31(17-21-9-7-10-22(28)15-21)26(33)18-32(24-12-8-11-23(29)16-24)37(35,36)25-13-5-4-6-14-25/h4-16,19-20H,17-18H2,1-3H3,(H,30,34)/t20-/m1/s1. The summed E-state index contributed by atoms with van der Waals surface area (Å²) in [7, 11) is -4.14. The molecule has 0 fully saturated rings. The molecule has 0 saturated carbocycles. The predicted molar refractivity (Wildman–Crippen MR) is 147 cm³/mol. The van der Waals surface area contributed by atoms with Crippen molar-refractivity contribution in [3.63, 3.8) is 0 Å². The van der Waals surface area contributed by atoms with Crippen molar-refractivity contribution in [2.24, 2.45) is 0 Å². The fourth-order valence-electron chi connectivity index (χ4n) is 3.70. The van der Waals surface area contributed by atoms with Crippen molar-refractivity contribution in [1.29, 1.82) is 0 Å². The predicted octanol–water partition coefficient (Wildman–Crippen LogP) is 5.13. The van der Waals surface area contributed by atoms with Crippen LogP contribution in [-0.2, 0) is 26.2 Å². The summed E-state index contributed by atoms with van der Waals surface area (Å²) in [5.41, 5.74) is 0.928. The van der Waals surface area contributed by atoms with E-state index in [1.54, 1.807) is 67.6 Å². The van der Waals surface area contributed by atoms with Crippen LogP contribution in [0.25, 0.3) is 0 Å². The first-order valence-electron chi connectivity index (χ1n) is 11.7. The number of carbonyl (C=O) groups is 2. The van der Waals surface area contributed by atoms with Gasteiger partial charge in [-0.25, -0.2) is 8.42 Å². The zero-order chi connectivity index (χ0) is 27.2. The van der Waals surface area contributed by atoms with Crippen molar-refractivity contribution >= 4 is 50.7 Å². The van der Waals surface area contributed by atoms with E-state index in [0.717, 1.165) is 4.31 Å². The Balaban J connectivity index is 2.02. The molecule has 0 aromatic heterocycles. The van der Waals surface area contributed by atoms with Gasteiger partial charge in [0.1, 0.15) is 12.6 Å². The molecule has 0 radical (unpaired) electrons. The fraction of sp³-hybridized carbons (Fsp3) is 0.259. The second-order valence-corrected chi connectivity index (χ2v) is 11.5. The lowest BCUT2D eigenvalue weighted by atomic mass is 10.1. The van der Waals surface area contributed by atoms with Crippen LogP contribution in [0.3, 0.4) is 0 Å². The largest absolute Gasteiger partial charge is 0.352 e. The number of nitrogens with one attached hydrogen (secondary N) is 1. The van der Waals surface area contributed by atoms with E-state index < -0.39 is 28.5 Å². The highest BCUT2D eigenvalue weighted by atomic mass is 35.5. The summed E-state index contributed by atoms with van der Waals surface area (Å²) in [6.07, 6.45) is 0. The van der Waals surface area contributed by atoms with Crippen molar-refractivity contribution < 1.29 is 18.0 Å². The van der Waals surface area contributed by atoms with Crippen molar-refractivity contribution in [1.82, 2.24) is 10.2 Å². The number of rotatable bonds is 10.